The van der Waals surface area contributed by atoms with Crippen LogP contribution in [0.25, 0.3) is 10.2 Å². The smallest absolute Gasteiger partial charge is 0.351 e. The average Bonchev–Trinajstić information content (AvgIpc) is 2.81. The Morgan fingerprint density at radius 2 is 2.26 bits per heavy atom. The first-order chi connectivity index (χ1) is 10.8. The molecule has 0 radical (unpaired) electrons. The molecule has 7 nitrogen and oxygen atoms in total. The number of aromatic nitrogens is 2. The molecule has 2 aromatic heterocycles. The van der Waals surface area contributed by atoms with Crippen LogP contribution in [-0.4, -0.2) is 27.7 Å². The fourth-order valence-corrected chi connectivity index (χ4v) is 4.01. The summed E-state index contributed by atoms with van der Waals surface area (Å²) in [6.07, 6.45) is 0.686. The van der Waals surface area contributed by atoms with E-state index < -0.39 is 11.7 Å². The molecule has 8 heteroatoms. The minimum atomic E-state index is -0.540. The van der Waals surface area contributed by atoms with Gasteiger partial charge in [-0.25, -0.2) is 4.79 Å². The summed E-state index contributed by atoms with van der Waals surface area (Å²) in [7, 11) is 0. The second-order valence-electron chi connectivity index (χ2n) is 6.08. The minimum absolute atomic E-state index is 0.167. The van der Waals surface area contributed by atoms with Gasteiger partial charge in [-0.1, -0.05) is 0 Å². The van der Waals surface area contributed by atoms with Crippen LogP contribution in [-0.2, 0) is 33.8 Å². The molecule has 1 aliphatic heterocycles. The molecule has 0 amide bonds. The molecule has 0 bridgehead atoms. The molecule has 2 N–H and O–H groups in total. The second-order valence-corrected chi connectivity index (χ2v) is 7.16. The highest BCUT2D eigenvalue weighted by molar-refractivity contribution is 7.19. The van der Waals surface area contributed by atoms with Gasteiger partial charge in [-0.05, 0) is 26.3 Å². The SMILES string of the molecule is CCOC(=O)Cn1c(=O)nc(N)c2c3c(sc21)COC(C)(C)C3. The van der Waals surface area contributed by atoms with Crippen molar-refractivity contribution in [2.45, 2.75) is 45.9 Å². The summed E-state index contributed by atoms with van der Waals surface area (Å²) < 4.78 is 12.1. The van der Waals surface area contributed by atoms with Crippen LogP contribution >= 0.6 is 11.3 Å². The van der Waals surface area contributed by atoms with Gasteiger partial charge in [-0.3, -0.25) is 9.36 Å². The molecule has 2 aromatic rings. The number of hydrogen-bond donors (Lipinski definition) is 1. The van der Waals surface area contributed by atoms with E-state index in [-0.39, 0.29) is 24.6 Å². The number of nitrogens with two attached hydrogens (primary N) is 1. The minimum Gasteiger partial charge on any atom is -0.465 e. The van der Waals surface area contributed by atoms with Gasteiger partial charge in [0, 0.05) is 11.3 Å². The van der Waals surface area contributed by atoms with E-state index in [1.54, 1.807) is 6.92 Å². The third-order valence-electron chi connectivity index (χ3n) is 3.81. The number of nitrogens with zero attached hydrogens (tertiary/aromatic N) is 2. The lowest BCUT2D eigenvalue weighted by molar-refractivity contribution is -0.143. The first-order valence-corrected chi connectivity index (χ1v) is 8.24. The Bertz CT molecular complexity index is 837. The van der Waals surface area contributed by atoms with E-state index in [2.05, 4.69) is 4.98 Å². The Labute approximate surface area is 137 Å². The molecule has 0 fully saturated rings. The van der Waals surface area contributed by atoms with Crippen molar-refractivity contribution >= 4 is 33.3 Å². The number of fused-ring (bicyclic) bond motifs is 3. The highest BCUT2D eigenvalue weighted by Gasteiger charge is 2.31. The molecule has 124 valence electrons. The molecule has 3 rings (SSSR count). The van der Waals surface area contributed by atoms with Gasteiger partial charge < -0.3 is 15.2 Å². The number of carbonyl (C=O) groups is 1. The molecule has 0 aliphatic carbocycles. The van der Waals surface area contributed by atoms with Crippen molar-refractivity contribution in [2.75, 3.05) is 12.3 Å². The van der Waals surface area contributed by atoms with Gasteiger partial charge in [-0.15, -0.1) is 11.3 Å². The average molecular weight is 337 g/mol. The predicted octanol–water partition coefficient (Wildman–Crippen LogP) is 1.45. The van der Waals surface area contributed by atoms with Crippen LogP contribution in [0.1, 0.15) is 31.2 Å². The first kappa shape index (κ1) is 15.9. The van der Waals surface area contributed by atoms with Gasteiger partial charge in [0.15, 0.2) is 0 Å². The number of hydrogen-bond acceptors (Lipinski definition) is 7. The standard InChI is InChI=1S/C15H19N3O4S/c1-4-21-10(19)6-18-13-11(12(16)17-14(18)20)8-5-15(2,3)22-7-9(8)23-13/h4-7H2,1-3H3,(H2,16,17,20). The van der Waals surface area contributed by atoms with E-state index in [0.29, 0.717) is 17.9 Å². The maximum atomic E-state index is 12.2. The van der Waals surface area contributed by atoms with E-state index in [9.17, 15) is 9.59 Å². The number of thiophene rings is 1. The van der Waals surface area contributed by atoms with Crippen molar-refractivity contribution in [2.24, 2.45) is 0 Å². The fraction of sp³-hybridized carbons (Fsp3) is 0.533. The summed E-state index contributed by atoms with van der Waals surface area (Å²) in [5.74, 6) is -0.259. The molecule has 0 saturated carbocycles. The van der Waals surface area contributed by atoms with Crippen molar-refractivity contribution in [3.63, 3.8) is 0 Å². The van der Waals surface area contributed by atoms with Crippen LogP contribution < -0.4 is 11.4 Å². The molecule has 0 saturated heterocycles. The van der Waals surface area contributed by atoms with E-state index in [1.807, 2.05) is 13.8 Å². The van der Waals surface area contributed by atoms with Gasteiger partial charge in [0.25, 0.3) is 0 Å². The number of rotatable bonds is 3. The third-order valence-corrected chi connectivity index (χ3v) is 5.04. The Morgan fingerprint density at radius 3 is 2.96 bits per heavy atom. The summed E-state index contributed by atoms with van der Waals surface area (Å²) in [5.41, 5.74) is 6.22. The molecule has 23 heavy (non-hydrogen) atoms. The normalized spacial score (nSPS) is 16.3. The van der Waals surface area contributed by atoms with E-state index in [0.717, 1.165) is 15.8 Å². The summed E-state index contributed by atoms with van der Waals surface area (Å²) >= 11 is 1.43. The van der Waals surface area contributed by atoms with Crippen molar-refractivity contribution in [3.05, 3.63) is 20.9 Å². The Kier molecular flexibility index (Phi) is 3.89. The topological polar surface area (TPSA) is 96.4 Å². The van der Waals surface area contributed by atoms with Crippen molar-refractivity contribution in [1.82, 2.24) is 9.55 Å². The summed E-state index contributed by atoms with van der Waals surface area (Å²) in [6.45, 7) is 6.31. The van der Waals surface area contributed by atoms with Crippen LogP contribution in [0, 0.1) is 0 Å². The number of anilines is 1. The Balaban J connectivity index is 2.17. The monoisotopic (exact) mass is 337 g/mol. The molecule has 0 spiro atoms. The number of nitrogen functional groups attached to an aromatic ring is 1. The number of ether oxygens (including phenoxy) is 2. The largest absolute Gasteiger partial charge is 0.465 e. The van der Waals surface area contributed by atoms with E-state index >= 15 is 0 Å². The lowest BCUT2D eigenvalue weighted by atomic mass is 9.94. The van der Waals surface area contributed by atoms with Crippen molar-refractivity contribution < 1.29 is 14.3 Å². The molecule has 0 atom stereocenters. The molecule has 1 aliphatic rings. The highest BCUT2D eigenvalue weighted by Crippen LogP contribution is 2.40. The lowest BCUT2D eigenvalue weighted by Crippen LogP contribution is -2.31. The van der Waals surface area contributed by atoms with Crippen LogP contribution in [0.15, 0.2) is 4.79 Å². The van der Waals surface area contributed by atoms with Gasteiger partial charge in [0.1, 0.15) is 17.2 Å². The van der Waals surface area contributed by atoms with Crippen LogP contribution in [0.5, 0.6) is 0 Å². The maximum absolute atomic E-state index is 12.2. The Morgan fingerprint density at radius 1 is 1.52 bits per heavy atom. The van der Waals surface area contributed by atoms with Gasteiger partial charge >= 0.3 is 11.7 Å². The molecule has 0 unspecified atom stereocenters. The molecular weight excluding hydrogens is 318 g/mol. The van der Waals surface area contributed by atoms with Crippen LogP contribution in [0.3, 0.4) is 0 Å². The van der Waals surface area contributed by atoms with Crippen molar-refractivity contribution in [1.29, 1.82) is 0 Å². The molecule has 0 aromatic carbocycles. The van der Waals surface area contributed by atoms with E-state index in [1.165, 1.54) is 15.9 Å². The summed E-state index contributed by atoms with van der Waals surface area (Å²) in [5, 5.41) is 0.755. The molecular formula is C15H19N3O4S. The lowest BCUT2D eigenvalue weighted by Gasteiger charge is -2.30. The van der Waals surface area contributed by atoms with Gasteiger partial charge in [0.2, 0.25) is 0 Å². The number of carbonyl (C=O) groups excluding carboxylic acids is 1. The van der Waals surface area contributed by atoms with Gasteiger partial charge in [0.05, 0.1) is 24.2 Å². The maximum Gasteiger partial charge on any atom is 0.351 e. The zero-order valence-electron chi connectivity index (χ0n) is 13.3. The predicted molar refractivity (Wildman–Crippen MR) is 87.5 cm³/mol. The fourth-order valence-electron chi connectivity index (χ4n) is 2.77. The third kappa shape index (κ3) is 2.84. The van der Waals surface area contributed by atoms with Crippen LogP contribution in [0.4, 0.5) is 5.82 Å². The zero-order valence-corrected chi connectivity index (χ0v) is 14.2. The first-order valence-electron chi connectivity index (χ1n) is 7.42. The zero-order chi connectivity index (χ0) is 16.8. The van der Waals surface area contributed by atoms with E-state index in [4.69, 9.17) is 15.2 Å². The summed E-state index contributed by atoms with van der Waals surface area (Å²) in [6, 6.07) is 0. The number of esters is 1. The Hall–Kier alpha value is -1.93. The highest BCUT2D eigenvalue weighted by atomic mass is 32.1. The van der Waals surface area contributed by atoms with Gasteiger partial charge in [-0.2, -0.15) is 4.98 Å². The molecule has 3 heterocycles. The van der Waals surface area contributed by atoms with Crippen LogP contribution in [0.2, 0.25) is 0 Å². The second kappa shape index (κ2) is 5.61. The quantitative estimate of drug-likeness (QED) is 0.852. The van der Waals surface area contributed by atoms with Crippen molar-refractivity contribution in [3.8, 4) is 0 Å². The summed E-state index contributed by atoms with van der Waals surface area (Å²) in [4.78, 5) is 29.5.